The number of aromatic carboxylic acids is 1. The summed E-state index contributed by atoms with van der Waals surface area (Å²) in [6.07, 6.45) is 17.1. The number of phenolic OH excluding ortho intramolecular Hbond substituents is 1. The van der Waals surface area contributed by atoms with Crippen LogP contribution in [0.1, 0.15) is 173 Å². The monoisotopic (exact) mass is 690 g/mol. The van der Waals surface area contributed by atoms with E-state index in [0.29, 0.717) is 35.0 Å². The van der Waals surface area contributed by atoms with Crippen molar-refractivity contribution >= 4 is 5.97 Å². The van der Waals surface area contributed by atoms with Crippen LogP contribution in [0.5, 0.6) is 23.0 Å². The molecule has 6 rings (SSSR count). The van der Waals surface area contributed by atoms with Crippen molar-refractivity contribution in [2.24, 2.45) is 11.8 Å². The molecule has 2 aromatic rings. The number of phenols is 2. The summed E-state index contributed by atoms with van der Waals surface area (Å²) in [5.41, 5.74) is 5.79. The molecule has 2 aliphatic carbocycles. The molecule has 2 aliphatic heterocycles. The molecule has 2 heterocycles. The minimum Gasteiger partial charge on any atom is -0.507 e. The molecule has 0 saturated carbocycles. The van der Waals surface area contributed by atoms with Gasteiger partial charge in [-0.1, -0.05) is 70.2 Å². The first-order chi connectivity index (χ1) is 24.2. The van der Waals surface area contributed by atoms with E-state index in [-0.39, 0.29) is 40.3 Å². The average Bonchev–Trinajstić information content (AvgIpc) is 3.05. The second-order valence-electron chi connectivity index (χ2n) is 16.2. The van der Waals surface area contributed by atoms with Gasteiger partial charge in [-0.15, -0.1) is 0 Å². The zero-order valence-corrected chi connectivity index (χ0v) is 32.2. The van der Waals surface area contributed by atoms with E-state index < -0.39 is 5.97 Å². The molecule has 0 unspecified atom stereocenters. The Kier molecular flexibility index (Phi) is 12.0. The highest BCUT2D eigenvalue weighted by atomic mass is 16.5. The highest BCUT2D eigenvalue weighted by Gasteiger charge is 2.47. The minimum absolute atomic E-state index is 0.00490. The van der Waals surface area contributed by atoms with Crippen LogP contribution < -0.4 is 9.47 Å². The number of aryl methyl sites for hydroxylation is 2. The van der Waals surface area contributed by atoms with Gasteiger partial charge in [0.05, 0.1) is 0 Å². The number of fused-ring (bicyclic) bond motifs is 6. The van der Waals surface area contributed by atoms with Gasteiger partial charge in [0.25, 0.3) is 0 Å². The van der Waals surface area contributed by atoms with E-state index in [1.807, 2.05) is 12.1 Å². The number of hydrogen-bond donors (Lipinski definition) is 3. The van der Waals surface area contributed by atoms with Crippen molar-refractivity contribution in [1.82, 2.24) is 0 Å². The number of carboxylic acids is 1. The highest BCUT2D eigenvalue weighted by molar-refractivity contribution is 5.94. The van der Waals surface area contributed by atoms with E-state index in [2.05, 4.69) is 73.6 Å². The summed E-state index contributed by atoms with van der Waals surface area (Å²) in [4.78, 5) is 11.9. The van der Waals surface area contributed by atoms with Crippen LogP contribution in [0, 0.1) is 11.8 Å². The van der Waals surface area contributed by atoms with Gasteiger partial charge in [0, 0.05) is 36.2 Å². The smallest absolute Gasteiger partial charge is 0.339 e. The maximum absolute atomic E-state index is 11.9. The van der Waals surface area contributed by atoms with Crippen molar-refractivity contribution < 1.29 is 31.0 Å². The molecule has 0 radical (unpaired) electrons. The number of benzene rings is 2. The standard InChI is InChI=1S/C22H30O4.C21H30O2.CH4/c1-5-6-7-8-14-12-17-19(20(23)18(14)21(24)25)15-11-13(2)9-10-16(15)22(3,4)26-17;1-5-6-7-8-15-12-18(22)20-16-11-14(2)9-10-17(16)21(3,4)23-19(20)13-15;/h11-12,15-16,23H,5-10H2,1-4H3,(H,24,25);11-13,16-17,22H,5-10H2,1-4H3;1H4/t15-,16-;16-,17-;/m11./s1/i;;1T. The summed E-state index contributed by atoms with van der Waals surface area (Å²) in [6, 6.07) is 6.00. The average molecular weight is 691 g/mol. The third kappa shape index (κ3) is 8.05. The first-order valence-electron chi connectivity index (χ1n) is 19.9. The molecule has 0 spiro atoms. The summed E-state index contributed by atoms with van der Waals surface area (Å²) in [5.74, 6) is 1.77. The van der Waals surface area contributed by atoms with Gasteiger partial charge in [0.1, 0.15) is 39.8 Å². The van der Waals surface area contributed by atoms with Gasteiger partial charge < -0.3 is 24.8 Å². The predicted molar refractivity (Wildman–Crippen MR) is 204 cm³/mol. The molecule has 276 valence electrons. The van der Waals surface area contributed by atoms with Crippen LogP contribution in [0.15, 0.2) is 41.5 Å². The Hall–Kier alpha value is -3.41. The van der Waals surface area contributed by atoms with Crippen molar-refractivity contribution in [3.63, 3.8) is 0 Å². The Bertz CT molecular complexity index is 1600. The molecule has 0 aromatic heterocycles. The molecule has 0 bridgehead atoms. The fourth-order valence-corrected chi connectivity index (χ4v) is 8.91. The lowest BCUT2D eigenvalue weighted by Gasteiger charge is -2.46. The molecule has 0 fully saturated rings. The van der Waals surface area contributed by atoms with Crippen LogP contribution in [-0.4, -0.2) is 32.5 Å². The molecule has 0 amide bonds. The van der Waals surface area contributed by atoms with Gasteiger partial charge in [-0.05, 0) is 122 Å². The number of hydrogen-bond acceptors (Lipinski definition) is 5. The Morgan fingerprint density at radius 3 is 1.82 bits per heavy atom. The Morgan fingerprint density at radius 1 is 0.800 bits per heavy atom. The number of allylic oxidation sites excluding steroid dienone is 4. The Morgan fingerprint density at radius 2 is 1.30 bits per heavy atom. The third-order valence-electron chi connectivity index (χ3n) is 11.6. The first kappa shape index (κ1) is 37.8. The first-order valence-corrected chi connectivity index (χ1v) is 18.9. The molecule has 6 heteroatoms. The molecule has 50 heavy (non-hydrogen) atoms. The molecule has 3 N–H and O–H groups in total. The molecule has 4 aliphatic rings. The summed E-state index contributed by atoms with van der Waals surface area (Å²) >= 11 is 0. The number of unbranched alkanes of at least 4 members (excludes halogenated alkanes) is 4. The summed E-state index contributed by atoms with van der Waals surface area (Å²) < 4.78 is 18.4. The second-order valence-corrected chi connectivity index (χ2v) is 16.2. The quantitative estimate of drug-likeness (QED) is 0.179. The zero-order chi connectivity index (χ0) is 37.7. The van der Waals surface area contributed by atoms with E-state index in [4.69, 9.17) is 10.8 Å². The van der Waals surface area contributed by atoms with Crippen molar-refractivity contribution in [2.45, 2.75) is 163 Å². The maximum atomic E-state index is 11.9. The van der Waals surface area contributed by atoms with Crippen molar-refractivity contribution in [1.29, 1.82) is 0 Å². The van der Waals surface area contributed by atoms with Crippen LogP contribution in [0.4, 0.5) is 0 Å². The highest BCUT2D eigenvalue weighted by Crippen LogP contribution is 2.55. The zero-order valence-electron chi connectivity index (χ0n) is 33.2. The number of rotatable bonds is 9. The number of aromatic hydroxyl groups is 2. The fourth-order valence-electron chi connectivity index (χ4n) is 8.91. The molecule has 6 nitrogen and oxygen atoms in total. The molecule has 2 aromatic carbocycles. The Balaban J connectivity index is 0.000000220. The van der Waals surface area contributed by atoms with Crippen LogP contribution in [0.2, 0.25) is 0 Å². The summed E-state index contributed by atoms with van der Waals surface area (Å²) in [5, 5.41) is 31.4. The summed E-state index contributed by atoms with van der Waals surface area (Å²) in [7, 11) is 1.25. The van der Waals surface area contributed by atoms with Gasteiger partial charge in [0.2, 0.25) is 0 Å². The van der Waals surface area contributed by atoms with Gasteiger partial charge in [-0.2, -0.15) is 0 Å². The molecule has 4 atom stereocenters. The van der Waals surface area contributed by atoms with Crippen molar-refractivity contribution in [3.8, 4) is 23.0 Å². The third-order valence-corrected chi connectivity index (χ3v) is 11.6. The van der Waals surface area contributed by atoms with Gasteiger partial charge in [0.15, 0.2) is 0 Å². The fraction of sp³-hybridized carbons (Fsp3) is 0.614. The largest absolute Gasteiger partial charge is 0.507 e. The lowest BCUT2D eigenvalue weighted by Crippen LogP contribution is -2.45. The molecular weight excluding hydrogens is 624 g/mol. The van der Waals surface area contributed by atoms with E-state index in [1.54, 1.807) is 0 Å². The van der Waals surface area contributed by atoms with Gasteiger partial charge in [-0.3, -0.25) is 0 Å². The minimum atomic E-state index is -1.06. The number of carbonyl (C=O) groups is 1. The maximum Gasteiger partial charge on any atom is 0.339 e. The lowest BCUT2D eigenvalue weighted by molar-refractivity contribution is 0.0103. The number of carboxylic acid groups (broad SMARTS) is 1. The van der Waals surface area contributed by atoms with E-state index in [1.165, 1.54) is 43.4 Å². The van der Waals surface area contributed by atoms with E-state index in [0.717, 1.165) is 62.7 Å². The van der Waals surface area contributed by atoms with Crippen LogP contribution in [0.25, 0.3) is 0 Å². The van der Waals surface area contributed by atoms with Crippen LogP contribution in [-0.2, 0) is 12.8 Å². The normalized spacial score (nSPS) is 23.9. The van der Waals surface area contributed by atoms with Gasteiger partial charge in [-0.25, -0.2) is 4.79 Å². The summed E-state index contributed by atoms with van der Waals surface area (Å²) in [6.45, 7) is 17.2. The van der Waals surface area contributed by atoms with Crippen molar-refractivity contribution in [3.05, 3.63) is 69.3 Å². The van der Waals surface area contributed by atoms with Crippen LogP contribution >= 0.6 is 0 Å². The van der Waals surface area contributed by atoms with Gasteiger partial charge >= 0.3 is 5.97 Å². The van der Waals surface area contributed by atoms with E-state index in [9.17, 15) is 20.1 Å². The predicted octanol–water partition coefficient (Wildman–Crippen LogP) is 11.8. The Labute approximate surface area is 303 Å². The SMILES string of the molecule is CCCCCc1cc(O)c2c(c1)OC(C)(C)[C@@H]1CCC(C)=C[C@@H]21.CCCCCc1cc2c(c(O)c1C(=O)O)[C@@H]1C=C(C)CC[C@H]1C(C)(C)O2.[3H]C. The molecule has 0 saturated heterocycles. The lowest BCUT2D eigenvalue weighted by atomic mass is 9.67. The second kappa shape index (κ2) is 15.9. The van der Waals surface area contributed by atoms with E-state index >= 15 is 0 Å². The number of ether oxygens (including phenoxy) is 2. The van der Waals surface area contributed by atoms with Crippen molar-refractivity contribution in [2.75, 3.05) is 0 Å². The topological polar surface area (TPSA) is 96.2 Å². The van der Waals surface area contributed by atoms with Crippen LogP contribution in [0.3, 0.4) is 0 Å². The molecular formula is C44H64O6.